The van der Waals surface area contributed by atoms with Crippen LogP contribution in [-0.2, 0) is 9.84 Å². The molecule has 1 saturated heterocycles. The van der Waals surface area contributed by atoms with Gasteiger partial charge in [-0.25, -0.2) is 18.4 Å². The van der Waals surface area contributed by atoms with Gasteiger partial charge in [0.2, 0.25) is 5.95 Å². The number of ether oxygens (including phenoxy) is 1. The molecule has 0 spiro atoms. The van der Waals surface area contributed by atoms with Gasteiger partial charge in [-0.3, -0.25) is 4.79 Å². The van der Waals surface area contributed by atoms with Crippen molar-refractivity contribution in [2.75, 3.05) is 29.2 Å². The molecule has 1 aliphatic heterocycles. The predicted octanol–water partition coefficient (Wildman–Crippen LogP) is 1.64. The Morgan fingerprint density at radius 2 is 2.08 bits per heavy atom. The number of aromatic nitrogens is 2. The minimum atomic E-state index is -3.01. The molecule has 26 heavy (non-hydrogen) atoms. The topological polar surface area (TPSA) is 110 Å². The highest BCUT2D eigenvalue weighted by Crippen LogP contribution is 2.19. The number of hydrogen-bond acceptors (Lipinski definition) is 7. The summed E-state index contributed by atoms with van der Waals surface area (Å²) in [6.45, 7) is 1.75. The van der Waals surface area contributed by atoms with Crippen molar-refractivity contribution in [2.45, 2.75) is 19.4 Å². The molecule has 1 unspecified atom stereocenters. The summed E-state index contributed by atoms with van der Waals surface area (Å²) in [7, 11) is -1.46. The number of methoxy groups -OCH3 is 1. The van der Waals surface area contributed by atoms with Crippen LogP contribution in [0, 0.1) is 6.92 Å². The molecule has 1 fully saturated rings. The zero-order valence-corrected chi connectivity index (χ0v) is 15.3. The lowest BCUT2D eigenvalue weighted by atomic mass is 10.2. The van der Waals surface area contributed by atoms with E-state index in [-0.39, 0.29) is 35.1 Å². The summed E-state index contributed by atoms with van der Waals surface area (Å²) in [6.07, 6.45) is 0.505. The average molecular weight is 376 g/mol. The highest BCUT2D eigenvalue weighted by molar-refractivity contribution is 7.91. The number of amides is 1. The maximum absolute atomic E-state index is 12.5. The van der Waals surface area contributed by atoms with E-state index in [1.54, 1.807) is 44.4 Å². The first-order valence-corrected chi connectivity index (χ1v) is 9.95. The van der Waals surface area contributed by atoms with Crippen LogP contribution in [0.4, 0.5) is 11.6 Å². The molecule has 0 bridgehead atoms. The average Bonchev–Trinajstić information content (AvgIpc) is 2.93. The van der Waals surface area contributed by atoms with E-state index in [9.17, 15) is 13.2 Å². The summed E-state index contributed by atoms with van der Waals surface area (Å²) in [5.74, 6) is 0.704. The largest absolute Gasteiger partial charge is 0.497 e. The van der Waals surface area contributed by atoms with Crippen LogP contribution in [0.1, 0.15) is 22.6 Å². The van der Waals surface area contributed by atoms with E-state index in [1.165, 1.54) is 0 Å². The fraction of sp³-hybridized carbons (Fsp3) is 0.353. The first-order valence-electron chi connectivity index (χ1n) is 8.13. The van der Waals surface area contributed by atoms with Crippen LogP contribution in [0.15, 0.2) is 30.3 Å². The second-order valence-corrected chi connectivity index (χ2v) is 8.38. The quantitative estimate of drug-likeness (QED) is 0.816. The molecular formula is C17H20N4O4S. The molecule has 0 saturated carbocycles. The summed E-state index contributed by atoms with van der Waals surface area (Å²) >= 11 is 0. The summed E-state index contributed by atoms with van der Waals surface area (Å²) < 4.78 is 28.3. The van der Waals surface area contributed by atoms with Gasteiger partial charge in [0.25, 0.3) is 5.91 Å². The van der Waals surface area contributed by atoms with E-state index in [1.807, 2.05) is 0 Å². The Morgan fingerprint density at radius 3 is 2.77 bits per heavy atom. The lowest BCUT2D eigenvalue weighted by Gasteiger charge is -2.12. The number of aryl methyl sites for hydroxylation is 1. The third-order valence-corrected chi connectivity index (χ3v) is 5.75. The van der Waals surface area contributed by atoms with Crippen molar-refractivity contribution >= 4 is 27.4 Å². The Bertz CT molecular complexity index is 930. The Kier molecular flexibility index (Phi) is 5.08. The standard InChI is InChI=1S/C17H20N4O4S/c1-11-8-15(16(22)19-12-4-3-5-14(9-12)25-2)21-17(18-11)20-13-6-7-26(23,24)10-13/h3-5,8-9,13H,6-7,10H2,1-2H3,(H,19,22)(H,18,20,21). The van der Waals surface area contributed by atoms with E-state index in [0.717, 1.165) is 0 Å². The maximum Gasteiger partial charge on any atom is 0.274 e. The Hall–Kier alpha value is -2.68. The van der Waals surface area contributed by atoms with E-state index < -0.39 is 9.84 Å². The number of carbonyl (C=O) groups excluding carboxylic acids is 1. The third-order valence-electron chi connectivity index (χ3n) is 3.98. The molecule has 2 aromatic rings. The molecule has 2 N–H and O–H groups in total. The van der Waals surface area contributed by atoms with E-state index >= 15 is 0 Å². The molecule has 9 heteroatoms. The number of anilines is 2. The molecule has 1 aliphatic rings. The molecule has 1 atom stereocenters. The van der Waals surface area contributed by atoms with Gasteiger partial charge in [-0.2, -0.15) is 0 Å². The molecule has 1 amide bonds. The van der Waals surface area contributed by atoms with Crippen molar-refractivity contribution in [3.05, 3.63) is 41.7 Å². The van der Waals surface area contributed by atoms with Crippen molar-refractivity contribution in [1.29, 1.82) is 0 Å². The van der Waals surface area contributed by atoms with Gasteiger partial charge in [-0.05, 0) is 31.5 Å². The molecule has 1 aromatic heterocycles. The minimum Gasteiger partial charge on any atom is -0.497 e. The lowest BCUT2D eigenvalue weighted by molar-refractivity contribution is 0.102. The third kappa shape index (κ3) is 4.48. The minimum absolute atomic E-state index is 0.0512. The molecular weight excluding hydrogens is 356 g/mol. The van der Waals surface area contributed by atoms with Gasteiger partial charge in [0.05, 0.1) is 18.6 Å². The van der Waals surface area contributed by atoms with Crippen molar-refractivity contribution in [2.24, 2.45) is 0 Å². The maximum atomic E-state index is 12.5. The van der Waals surface area contributed by atoms with E-state index in [2.05, 4.69) is 20.6 Å². The molecule has 8 nitrogen and oxygen atoms in total. The second kappa shape index (κ2) is 7.28. The van der Waals surface area contributed by atoms with Gasteiger partial charge in [0.15, 0.2) is 9.84 Å². The number of rotatable bonds is 5. The number of benzene rings is 1. The number of nitrogens with zero attached hydrogens (tertiary/aromatic N) is 2. The zero-order chi connectivity index (χ0) is 18.7. The number of carbonyl (C=O) groups is 1. The fourth-order valence-electron chi connectivity index (χ4n) is 2.74. The summed E-state index contributed by atoms with van der Waals surface area (Å²) in [4.78, 5) is 21.0. The predicted molar refractivity (Wildman–Crippen MR) is 98.4 cm³/mol. The first kappa shape index (κ1) is 18.1. The van der Waals surface area contributed by atoms with Gasteiger partial charge < -0.3 is 15.4 Å². The monoisotopic (exact) mass is 376 g/mol. The lowest BCUT2D eigenvalue weighted by Crippen LogP contribution is -2.23. The smallest absolute Gasteiger partial charge is 0.274 e. The molecule has 3 rings (SSSR count). The van der Waals surface area contributed by atoms with Gasteiger partial charge in [0, 0.05) is 23.5 Å². The highest BCUT2D eigenvalue weighted by atomic mass is 32.2. The van der Waals surface area contributed by atoms with Crippen LogP contribution >= 0.6 is 0 Å². The summed E-state index contributed by atoms with van der Waals surface area (Å²) in [5, 5.41) is 5.77. The van der Waals surface area contributed by atoms with Gasteiger partial charge in [-0.15, -0.1) is 0 Å². The second-order valence-electron chi connectivity index (χ2n) is 6.15. The Balaban J connectivity index is 1.75. The van der Waals surface area contributed by atoms with Gasteiger partial charge in [-0.1, -0.05) is 6.07 Å². The molecule has 138 valence electrons. The summed E-state index contributed by atoms with van der Waals surface area (Å²) in [5.41, 5.74) is 1.39. The van der Waals surface area contributed by atoms with Crippen molar-refractivity contribution < 1.29 is 17.9 Å². The molecule has 0 aliphatic carbocycles. The fourth-order valence-corrected chi connectivity index (χ4v) is 4.41. The Morgan fingerprint density at radius 1 is 1.27 bits per heavy atom. The van der Waals surface area contributed by atoms with Crippen molar-refractivity contribution in [3.63, 3.8) is 0 Å². The first-order chi connectivity index (χ1) is 12.3. The van der Waals surface area contributed by atoms with Crippen molar-refractivity contribution in [1.82, 2.24) is 9.97 Å². The van der Waals surface area contributed by atoms with Crippen LogP contribution in [0.5, 0.6) is 5.75 Å². The van der Waals surface area contributed by atoms with Gasteiger partial charge >= 0.3 is 0 Å². The molecule has 1 aromatic carbocycles. The number of nitrogens with one attached hydrogen (secondary N) is 2. The molecule has 2 heterocycles. The molecule has 0 radical (unpaired) electrons. The van der Waals surface area contributed by atoms with E-state index in [4.69, 9.17) is 4.74 Å². The normalized spacial score (nSPS) is 18.3. The Labute approximate surface area is 151 Å². The summed E-state index contributed by atoms with van der Waals surface area (Å²) in [6, 6.07) is 8.34. The highest BCUT2D eigenvalue weighted by Gasteiger charge is 2.28. The number of hydrogen-bond donors (Lipinski definition) is 2. The number of sulfone groups is 1. The van der Waals surface area contributed by atoms with Crippen LogP contribution in [0.3, 0.4) is 0 Å². The van der Waals surface area contributed by atoms with Crippen molar-refractivity contribution in [3.8, 4) is 5.75 Å². The van der Waals surface area contributed by atoms with Gasteiger partial charge in [0.1, 0.15) is 11.4 Å². The van der Waals surface area contributed by atoms with E-state index in [0.29, 0.717) is 23.6 Å². The van der Waals surface area contributed by atoms with Crippen LogP contribution < -0.4 is 15.4 Å². The SMILES string of the molecule is COc1cccc(NC(=O)c2cc(C)nc(NC3CCS(=O)(=O)C3)n2)c1. The zero-order valence-electron chi connectivity index (χ0n) is 14.5. The van der Waals surface area contributed by atoms with Crippen LogP contribution in [0.2, 0.25) is 0 Å². The van der Waals surface area contributed by atoms with Crippen LogP contribution in [0.25, 0.3) is 0 Å². The van der Waals surface area contributed by atoms with Crippen LogP contribution in [-0.4, -0.2) is 49.0 Å².